The summed E-state index contributed by atoms with van der Waals surface area (Å²) in [5.74, 6) is 1.10. The summed E-state index contributed by atoms with van der Waals surface area (Å²) in [7, 11) is 1.70. The Morgan fingerprint density at radius 3 is 2.72 bits per heavy atom. The van der Waals surface area contributed by atoms with Crippen molar-refractivity contribution in [3.05, 3.63) is 48.3 Å². The van der Waals surface area contributed by atoms with E-state index in [0.29, 0.717) is 22.5 Å². The van der Waals surface area contributed by atoms with Gasteiger partial charge in [-0.25, -0.2) is 14.8 Å². The Bertz CT molecular complexity index is 1180. The highest BCUT2D eigenvalue weighted by Crippen LogP contribution is 2.30. The Balaban J connectivity index is 1.56. The number of carbonyl (C=O) groups is 1. The Morgan fingerprint density at radius 2 is 1.97 bits per heavy atom. The van der Waals surface area contributed by atoms with Crippen LogP contribution in [0.1, 0.15) is 25.5 Å². The molecule has 0 unspecified atom stereocenters. The van der Waals surface area contributed by atoms with E-state index in [9.17, 15) is 4.79 Å². The summed E-state index contributed by atoms with van der Waals surface area (Å²) in [4.78, 5) is 23.4. The van der Waals surface area contributed by atoms with E-state index in [1.165, 1.54) is 16.2 Å². The molecular formula is C20H21N7OS. The highest BCUT2D eigenvalue weighted by atomic mass is 32.1. The normalized spacial score (nSPS) is 11.2. The largest absolute Gasteiger partial charge is 0.329 e. The van der Waals surface area contributed by atoms with Gasteiger partial charge in [0.25, 0.3) is 0 Å². The van der Waals surface area contributed by atoms with Crippen LogP contribution in [0.2, 0.25) is 0 Å². The molecule has 1 N–H and O–H groups in total. The molecule has 8 nitrogen and oxygen atoms in total. The summed E-state index contributed by atoms with van der Waals surface area (Å²) in [6, 6.07) is 11.3. The SMILES string of the molecule is Cc1cccc2nc(N(C)C(=O)Nc3cccc(-c4nncn4C(C)C)n3)sc12. The number of fused-ring (bicyclic) bond motifs is 1. The molecule has 29 heavy (non-hydrogen) atoms. The number of anilines is 2. The van der Waals surface area contributed by atoms with Crippen molar-refractivity contribution in [1.29, 1.82) is 0 Å². The predicted octanol–water partition coefficient (Wildman–Crippen LogP) is 4.51. The molecule has 4 aromatic rings. The Morgan fingerprint density at radius 1 is 1.17 bits per heavy atom. The maximum absolute atomic E-state index is 12.8. The number of pyridine rings is 1. The number of aromatic nitrogens is 5. The second-order valence-electron chi connectivity index (χ2n) is 6.97. The number of hydrogen-bond acceptors (Lipinski definition) is 6. The number of nitrogens with zero attached hydrogens (tertiary/aromatic N) is 6. The average Bonchev–Trinajstić information content (AvgIpc) is 3.35. The second-order valence-corrected chi connectivity index (χ2v) is 7.95. The molecule has 1 aromatic carbocycles. The van der Waals surface area contributed by atoms with E-state index in [0.717, 1.165) is 15.8 Å². The van der Waals surface area contributed by atoms with Gasteiger partial charge in [-0.3, -0.25) is 10.2 Å². The summed E-state index contributed by atoms with van der Waals surface area (Å²) < 4.78 is 3.01. The fraction of sp³-hybridized carbons (Fsp3) is 0.250. The Hall–Kier alpha value is -3.33. The molecule has 0 fully saturated rings. The van der Waals surface area contributed by atoms with Gasteiger partial charge in [-0.1, -0.05) is 29.5 Å². The van der Waals surface area contributed by atoms with Crippen LogP contribution >= 0.6 is 11.3 Å². The number of aryl methyl sites for hydroxylation is 1. The van der Waals surface area contributed by atoms with Crippen molar-refractivity contribution < 1.29 is 4.79 Å². The molecule has 3 heterocycles. The number of amides is 2. The number of hydrogen-bond donors (Lipinski definition) is 1. The van der Waals surface area contributed by atoms with E-state index in [1.54, 1.807) is 19.4 Å². The third kappa shape index (κ3) is 3.68. The van der Waals surface area contributed by atoms with Crippen LogP contribution in [0.3, 0.4) is 0 Å². The van der Waals surface area contributed by atoms with E-state index in [1.807, 2.05) is 55.7 Å². The quantitative estimate of drug-likeness (QED) is 0.538. The van der Waals surface area contributed by atoms with Crippen LogP contribution in [0.15, 0.2) is 42.7 Å². The molecule has 0 aliphatic carbocycles. The number of urea groups is 1. The van der Waals surface area contributed by atoms with Crippen molar-refractivity contribution in [2.75, 3.05) is 17.3 Å². The summed E-state index contributed by atoms with van der Waals surface area (Å²) in [6.45, 7) is 6.13. The van der Waals surface area contributed by atoms with Crippen molar-refractivity contribution >= 4 is 38.5 Å². The fourth-order valence-corrected chi connectivity index (χ4v) is 3.93. The lowest BCUT2D eigenvalue weighted by atomic mass is 10.2. The van der Waals surface area contributed by atoms with Crippen molar-refractivity contribution in [1.82, 2.24) is 24.7 Å². The topological polar surface area (TPSA) is 88.8 Å². The molecule has 3 aromatic heterocycles. The first-order chi connectivity index (χ1) is 13.9. The molecule has 9 heteroatoms. The standard InChI is InChI=1S/C20H21N7OS/c1-12(2)27-11-21-25-18(27)15-9-6-10-16(22-15)24-19(28)26(4)20-23-14-8-5-7-13(3)17(14)29-20/h5-12H,1-4H3,(H,22,24,28). The summed E-state index contributed by atoms with van der Waals surface area (Å²) in [5.41, 5.74) is 2.67. The molecule has 0 spiro atoms. The highest BCUT2D eigenvalue weighted by Gasteiger charge is 2.18. The average molecular weight is 408 g/mol. The van der Waals surface area contributed by atoms with Gasteiger partial charge in [0.2, 0.25) is 0 Å². The zero-order chi connectivity index (χ0) is 20.5. The molecule has 4 rings (SSSR count). The molecule has 0 saturated heterocycles. The molecular weight excluding hydrogens is 386 g/mol. The van der Waals surface area contributed by atoms with E-state index in [4.69, 9.17) is 0 Å². The van der Waals surface area contributed by atoms with Gasteiger partial charge in [-0.2, -0.15) is 0 Å². The zero-order valence-corrected chi connectivity index (χ0v) is 17.4. The van der Waals surface area contributed by atoms with Crippen molar-refractivity contribution in [2.24, 2.45) is 0 Å². The molecule has 0 saturated carbocycles. The lowest BCUT2D eigenvalue weighted by Gasteiger charge is -2.15. The third-order valence-corrected chi connectivity index (χ3v) is 5.82. The summed E-state index contributed by atoms with van der Waals surface area (Å²) in [5, 5.41) is 11.6. The molecule has 0 radical (unpaired) electrons. The van der Waals surface area contributed by atoms with Gasteiger partial charge in [0.05, 0.1) is 10.2 Å². The zero-order valence-electron chi connectivity index (χ0n) is 16.6. The lowest BCUT2D eigenvalue weighted by molar-refractivity contribution is 0.258. The summed E-state index contributed by atoms with van der Waals surface area (Å²) >= 11 is 1.49. The summed E-state index contributed by atoms with van der Waals surface area (Å²) in [6.07, 6.45) is 1.68. The van der Waals surface area contributed by atoms with Crippen LogP contribution in [0, 0.1) is 6.92 Å². The van der Waals surface area contributed by atoms with Crippen molar-refractivity contribution in [3.63, 3.8) is 0 Å². The van der Waals surface area contributed by atoms with E-state index in [-0.39, 0.29) is 12.1 Å². The molecule has 0 aliphatic heterocycles. The van der Waals surface area contributed by atoms with Crippen LogP contribution < -0.4 is 10.2 Å². The number of thiazole rings is 1. The maximum Gasteiger partial charge on any atom is 0.329 e. The maximum atomic E-state index is 12.8. The van der Waals surface area contributed by atoms with Gasteiger partial charge >= 0.3 is 6.03 Å². The van der Waals surface area contributed by atoms with Gasteiger partial charge in [0, 0.05) is 13.1 Å². The van der Waals surface area contributed by atoms with Crippen molar-refractivity contribution in [2.45, 2.75) is 26.8 Å². The van der Waals surface area contributed by atoms with E-state index >= 15 is 0 Å². The highest BCUT2D eigenvalue weighted by molar-refractivity contribution is 7.22. The smallest absolute Gasteiger partial charge is 0.310 e. The van der Waals surface area contributed by atoms with E-state index in [2.05, 4.69) is 25.5 Å². The number of carbonyl (C=O) groups excluding carboxylic acids is 1. The van der Waals surface area contributed by atoms with Crippen molar-refractivity contribution in [3.8, 4) is 11.5 Å². The van der Waals surface area contributed by atoms with Crippen LogP contribution in [0.5, 0.6) is 0 Å². The first-order valence-corrected chi connectivity index (χ1v) is 10.0. The first kappa shape index (κ1) is 19.0. The second kappa shape index (κ2) is 7.59. The van der Waals surface area contributed by atoms with Crippen LogP contribution in [-0.4, -0.2) is 37.8 Å². The lowest BCUT2D eigenvalue weighted by Crippen LogP contribution is -2.31. The minimum Gasteiger partial charge on any atom is -0.310 e. The Labute approximate surface area is 172 Å². The minimum atomic E-state index is -0.309. The number of rotatable bonds is 4. The van der Waals surface area contributed by atoms with Gasteiger partial charge in [0.1, 0.15) is 17.8 Å². The minimum absolute atomic E-state index is 0.202. The van der Waals surface area contributed by atoms with E-state index < -0.39 is 0 Å². The fourth-order valence-electron chi connectivity index (χ4n) is 2.93. The van der Waals surface area contributed by atoms with Gasteiger partial charge < -0.3 is 4.57 Å². The van der Waals surface area contributed by atoms with Gasteiger partial charge in [-0.15, -0.1) is 10.2 Å². The molecule has 148 valence electrons. The molecule has 0 bridgehead atoms. The first-order valence-electron chi connectivity index (χ1n) is 9.22. The predicted molar refractivity (Wildman–Crippen MR) is 115 cm³/mol. The number of nitrogens with one attached hydrogen (secondary N) is 1. The molecule has 2 amide bonds. The third-order valence-electron chi connectivity index (χ3n) is 4.53. The van der Waals surface area contributed by atoms with Gasteiger partial charge in [0.15, 0.2) is 11.0 Å². The Kier molecular flexibility index (Phi) is 4.98. The number of benzene rings is 1. The van der Waals surface area contributed by atoms with Crippen LogP contribution in [0.25, 0.3) is 21.7 Å². The van der Waals surface area contributed by atoms with Gasteiger partial charge in [-0.05, 0) is 44.5 Å². The van der Waals surface area contributed by atoms with Crippen LogP contribution in [0.4, 0.5) is 15.7 Å². The monoisotopic (exact) mass is 407 g/mol. The molecule has 0 aliphatic rings. The van der Waals surface area contributed by atoms with Crippen LogP contribution in [-0.2, 0) is 0 Å². The molecule has 0 atom stereocenters.